The highest BCUT2D eigenvalue weighted by Crippen LogP contribution is 2.46. The first-order valence-electron chi connectivity index (χ1n) is 22.7. The second-order valence-electron chi connectivity index (χ2n) is 18.3. The molecule has 2 fully saturated rings. The minimum absolute atomic E-state index is 0. The van der Waals surface area contributed by atoms with Crippen LogP contribution in [0.1, 0.15) is 135 Å². The summed E-state index contributed by atoms with van der Waals surface area (Å²) in [4.78, 5) is 51.3. The first kappa shape index (κ1) is 54.2. The number of nitrogens with one attached hydrogen (secondary N) is 2. The molecule has 4 aliphatic rings. The average molecular weight is 929 g/mol. The van der Waals surface area contributed by atoms with Crippen molar-refractivity contribution in [3.05, 3.63) is 80.3 Å². The van der Waals surface area contributed by atoms with Gasteiger partial charge in [0, 0.05) is 54.2 Å². The van der Waals surface area contributed by atoms with Gasteiger partial charge in [0.1, 0.15) is 22.6 Å². The van der Waals surface area contributed by atoms with E-state index in [0.717, 1.165) is 110 Å². The van der Waals surface area contributed by atoms with Crippen molar-refractivity contribution >= 4 is 46.0 Å². The summed E-state index contributed by atoms with van der Waals surface area (Å²) in [5, 5.41) is 17.0. The van der Waals surface area contributed by atoms with Crippen molar-refractivity contribution in [1.82, 2.24) is 20.4 Å². The van der Waals surface area contributed by atoms with Gasteiger partial charge in [0.05, 0.1) is 23.4 Å². The molecule has 0 bridgehead atoms. The monoisotopic (exact) mass is 927 g/mol. The number of carbonyl (C=O) groups is 4. The highest BCUT2D eigenvalue weighted by atomic mass is 35.5. The van der Waals surface area contributed by atoms with Crippen LogP contribution >= 0.6 is 11.6 Å². The fourth-order valence-corrected chi connectivity index (χ4v) is 9.47. The fourth-order valence-electron chi connectivity index (χ4n) is 9.47. The van der Waals surface area contributed by atoms with Gasteiger partial charge in [-0.3, -0.25) is 14.4 Å². The average Bonchev–Trinajstić information content (AvgIpc) is 3.57. The third-order valence-electron chi connectivity index (χ3n) is 12.4. The molecule has 0 radical (unpaired) electrons. The van der Waals surface area contributed by atoms with E-state index in [-0.39, 0.29) is 42.2 Å². The van der Waals surface area contributed by atoms with Crippen molar-refractivity contribution in [3.8, 4) is 0 Å². The predicted molar refractivity (Wildman–Crippen MR) is 251 cm³/mol. The van der Waals surface area contributed by atoms with Crippen LogP contribution in [0.15, 0.2) is 35.8 Å². The summed E-state index contributed by atoms with van der Waals surface area (Å²) in [7, 11) is 6.49. The normalized spacial score (nSPS) is 22.5. The maximum Gasteiger partial charge on any atom is 0.414 e. The number of aliphatic hydroxyl groups excluding tert-OH is 1. The van der Waals surface area contributed by atoms with Crippen molar-refractivity contribution in [1.29, 1.82) is 0 Å². The summed E-state index contributed by atoms with van der Waals surface area (Å²) in [5.74, 6) is 0.328. The van der Waals surface area contributed by atoms with Gasteiger partial charge in [-0.25, -0.2) is 4.79 Å². The number of halogens is 2. The summed E-state index contributed by atoms with van der Waals surface area (Å²) >= 11 is 4.90. The fraction of sp³-hybridized carbons (Fsp3) is 0.600. The van der Waals surface area contributed by atoms with Gasteiger partial charge in [0.2, 0.25) is 0 Å². The molecule has 4 atom stereocenters. The topological polar surface area (TPSA) is 147 Å². The number of aryl methyl sites for hydroxylation is 6. The first-order valence-corrected chi connectivity index (χ1v) is 23.1. The molecule has 6 rings (SSSR count). The number of unbranched alkanes of at least 4 members (excludes halogenated alkanes) is 2. The van der Waals surface area contributed by atoms with Gasteiger partial charge < -0.3 is 52.2 Å². The number of carbonyl (C=O) groups excluding carboxylic acids is 4. The molecule has 14 heteroatoms. The number of amides is 4. The third-order valence-corrected chi connectivity index (χ3v) is 12.7. The molecular weight excluding hydrogens is 855 g/mol. The Bertz CT molecular complexity index is 2020. The zero-order valence-electron chi connectivity index (χ0n) is 40.3. The van der Waals surface area contributed by atoms with Crippen LogP contribution in [0.4, 0.5) is 9.59 Å². The predicted octanol–water partition coefficient (Wildman–Crippen LogP) is 7.07. The second-order valence-corrected chi connectivity index (χ2v) is 18.7. The lowest BCUT2D eigenvalue weighted by atomic mass is 9.78. The number of nitrogens with zero attached hydrogens (tertiary/aromatic N) is 2. The maximum absolute atomic E-state index is 13.4. The highest BCUT2D eigenvalue weighted by Gasteiger charge is 2.52. The van der Waals surface area contributed by atoms with Crippen LogP contribution in [0, 0.1) is 41.5 Å². The van der Waals surface area contributed by atoms with Crippen LogP contribution in [0.2, 0.25) is 0 Å². The van der Waals surface area contributed by atoms with Crippen LogP contribution in [-0.4, -0.2) is 103 Å². The van der Waals surface area contributed by atoms with Crippen LogP contribution in [-0.2, 0) is 23.8 Å². The molecule has 0 saturated heterocycles. The Hall–Kier alpha value is -4.10. The van der Waals surface area contributed by atoms with Crippen LogP contribution in [0.5, 0.6) is 0 Å². The SMILES string of the molecule is CCCCOC1CCCC2(C1)NC(=O)C(c1c(C)cc(C)cc1C)=C2O.CCCCOC1CCCC2(C1)NC(=O)C(c1c(C)cc(C)cc1C)=C2OC(=O)N(C)C.CN(C)C(=O)Cl.[Cl-]. The Labute approximate surface area is 393 Å². The van der Waals surface area contributed by atoms with Gasteiger partial charge in [-0.05, 0) is 138 Å². The Morgan fingerprint density at radius 3 is 1.52 bits per heavy atom. The summed E-state index contributed by atoms with van der Waals surface area (Å²) in [6.07, 6.45) is 10.5. The summed E-state index contributed by atoms with van der Waals surface area (Å²) in [6.45, 7) is 17.9. The Morgan fingerprint density at radius 1 is 0.703 bits per heavy atom. The molecule has 2 saturated carbocycles. The molecule has 356 valence electrons. The molecule has 4 unspecified atom stereocenters. The van der Waals surface area contributed by atoms with Gasteiger partial charge in [-0.1, -0.05) is 62.1 Å². The first-order chi connectivity index (χ1) is 29.7. The Kier molecular flexibility index (Phi) is 20.3. The third kappa shape index (κ3) is 13.0. The molecule has 3 N–H and O–H groups in total. The number of benzene rings is 2. The summed E-state index contributed by atoms with van der Waals surface area (Å²) in [5.41, 5.74) is 7.67. The number of rotatable bonds is 11. The van der Waals surface area contributed by atoms with E-state index in [1.807, 2.05) is 41.5 Å². The molecule has 2 aromatic carbocycles. The molecular formula is C50H73Cl2N4O8-. The lowest BCUT2D eigenvalue weighted by Gasteiger charge is -2.39. The molecule has 4 amide bonds. The maximum atomic E-state index is 13.4. The van der Waals surface area contributed by atoms with E-state index in [9.17, 15) is 24.3 Å². The molecule has 2 aromatic rings. The lowest BCUT2D eigenvalue weighted by molar-refractivity contribution is -0.117. The largest absolute Gasteiger partial charge is 1.00 e. The minimum Gasteiger partial charge on any atom is -1.00 e. The van der Waals surface area contributed by atoms with Crippen LogP contribution in [0.25, 0.3) is 11.1 Å². The van der Waals surface area contributed by atoms with E-state index in [1.54, 1.807) is 28.2 Å². The zero-order valence-corrected chi connectivity index (χ0v) is 41.8. The molecule has 2 aliphatic heterocycles. The van der Waals surface area contributed by atoms with Crippen molar-refractivity contribution in [2.75, 3.05) is 41.4 Å². The summed E-state index contributed by atoms with van der Waals surface area (Å²) < 4.78 is 18.1. The number of ether oxygens (including phenoxy) is 3. The number of hydrogen-bond donors (Lipinski definition) is 3. The van der Waals surface area contributed by atoms with E-state index in [1.165, 1.54) is 15.4 Å². The van der Waals surface area contributed by atoms with Crippen LogP contribution in [0.3, 0.4) is 0 Å². The van der Waals surface area contributed by atoms with Gasteiger partial charge in [0.15, 0.2) is 0 Å². The van der Waals surface area contributed by atoms with Gasteiger partial charge in [-0.15, -0.1) is 0 Å². The minimum atomic E-state index is -0.711. The van der Waals surface area contributed by atoms with Crippen molar-refractivity contribution in [2.24, 2.45) is 0 Å². The quantitative estimate of drug-likeness (QED) is 0.123. The van der Waals surface area contributed by atoms with E-state index < -0.39 is 22.5 Å². The number of aliphatic hydroxyl groups is 1. The molecule has 64 heavy (non-hydrogen) atoms. The second kappa shape index (κ2) is 23.9. The molecule has 2 aliphatic carbocycles. The zero-order chi connectivity index (χ0) is 46.8. The lowest BCUT2D eigenvalue weighted by Crippen LogP contribution is -3.00. The highest BCUT2D eigenvalue weighted by molar-refractivity contribution is 6.62. The van der Waals surface area contributed by atoms with E-state index in [4.69, 9.17) is 25.8 Å². The standard InChI is InChI=1S/C25H36N2O4.C22H31NO3.C3H6ClNO.ClH/c1-7-8-12-30-19-10-9-11-25(15-19)22(31-24(29)27(5)6)21(23(28)26-25)20-17(3)13-16(2)14-18(20)4;1-5-6-10-26-17-8-7-9-22(13-17)20(24)19(21(25)23-22)18-15(3)11-14(2)12-16(18)4;1-5(2)3(4)6;/h13-14,19H,7-12,15H2,1-6H3,(H,26,28);11-12,17,24H,5-10,13H2,1-4H3,(H,23,25);1-2H3;1H/p-1. The van der Waals surface area contributed by atoms with Crippen molar-refractivity contribution < 1.29 is 50.9 Å². The van der Waals surface area contributed by atoms with Gasteiger partial charge in [-0.2, -0.15) is 0 Å². The Balaban J connectivity index is 0.000000301. The molecule has 0 aromatic heterocycles. The molecule has 12 nitrogen and oxygen atoms in total. The molecule has 2 heterocycles. The van der Waals surface area contributed by atoms with E-state index in [0.29, 0.717) is 36.4 Å². The van der Waals surface area contributed by atoms with Crippen molar-refractivity contribution in [2.45, 2.75) is 156 Å². The van der Waals surface area contributed by atoms with E-state index in [2.05, 4.69) is 48.7 Å². The Morgan fingerprint density at radius 2 is 1.09 bits per heavy atom. The van der Waals surface area contributed by atoms with Crippen molar-refractivity contribution in [3.63, 3.8) is 0 Å². The summed E-state index contributed by atoms with van der Waals surface area (Å²) in [6, 6.07) is 8.27. The van der Waals surface area contributed by atoms with Crippen LogP contribution < -0.4 is 23.0 Å². The molecule has 2 spiro atoms. The van der Waals surface area contributed by atoms with Gasteiger partial charge >= 0.3 is 11.5 Å². The van der Waals surface area contributed by atoms with Gasteiger partial charge in [0.25, 0.3) is 11.8 Å². The number of hydrogen-bond acceptors (Lipinski definition) is 8. The smallest absolute Gasteiger partial charge is 0.414 e. The van der Waals surface area contributed by atoms with E-state index >= 15 is 0 Å².